The maximum atomic E-state index is 11.2. The van der Waals surface area contributed by atoms with Gasteiger partial charge in [0, 0.05) is 41.7 Å². The monoisotopic (exact) mass is 363 g/mol. The summed E-state index contributed by atoms with van der Waals surface area (Å²) in [5.41, 5.74) is 3.96. The number of nitrogens with zero attached hydrogens (tertiary/aromatic N) is 4. The second kappa shape index (κ2) is 7.83. The number of non-ortho nitro benzene ring substituents is 1. The standard InChI is InChI=1S/C18H13N5O4/c24-22(25)15-6-7-17(23(26)27)16(12-15)20-21-18(13-4-2-1-3-5-13)14-8-10-19-11-9-14/h1-12,20H. The highest BCUT2D eigenvalue weighted by molar-refractivity contribution is 6.13. The molecule has 0 saturated carbocycles. The van der Waals surface area contributed by atoms with Crippen molar-refractivity contribution in [3.8, 4) is 0 Å². The first kappa shape index (κ1) is 17.7. The first-order chi connectivity index (χ1) is 13.1. The Labute approximate surface area is 153 Å². The maximum Gasteiger partial charge on any atom is 0.294 e. The summed E-state index contributed by atoms with van der Waals surface area (Å²) in [4.78, 5) is 24.9. The van der Waals surface area contributed by atoms with Gasteiger partial charge in [0.25, 0.3) is 11.4 Å². The summed E-state index contributed by atoms with van der Waals surface area (Å²) >= 11 is 0. The molecule has 0 spiro atoms. The van der Waals surface area contributed by atoms with E-state index in [9.17, 15) is 20.2 Å². The second-order valence-electron chi connectivity index (χ2n) is 5.39. The van der Waals surface area contributed by atoms with Crippen LogP contribution in [0.1, 0.15) is 11.1 Å². The Kier molecular flexibility index (Phi) is 5.12. The van der Waals surface area contributed by atoms with Crippen LogP contribution in [0, 0.1) is 20.2 Å². The Balaban J connectivity index is 2.06. The highest BCUT2D eigenvalue weighted by Crippen LogP contribution is 2.29. The Bertz CT molecular complexity index is 965. The van der Waals surface area contributed by atoms with E-state index in [0.29, 0.717) is 5.71 Å². The Morgan fingerprint density at radius 2 is 1.56 bits per heavy atom. The van der Waals surface area contributed by atoms with Gasteiger partial charge in [-0.25, -0.2) is 0 Å². The zero-order valence-corrected chi connectivity index (χ0v) is 13.9. The molecule has 0 fully saturated rings. The molecule has 0 amide bonds. The van der Waals surface area contributed by atoms with Crippen molar-refractivity contribution in [1.29, 1.82) is 0 Å². The highest BCUT2D eigenvalue weighted by Gasteiger charge is 2.18. The van der Waals surface area contributed by atoms with Gasteiger partial charge in [0.2, 0.25) is 0 Å². The van der Waals surface area contributed by atoms with Gasteiger partial charge < -0.3 is 0 Å². The molecule has 0 atom stereocenters. The average Bonchev–Trinajstić information content (AvgIpc) is 2.69. The number of anilines is 1. The molecule has 3 rings (SSSR count). The van der Waals surface area contributed by atoms with Crippen molar-refractivity contribution in [2.75, 3.05) is 5.43 Å². The van der Waals surface area contributed by atoms with Crippen LogP contribution in [0.3, 0.4) is 0 Å². The molecule has 0 aliphatic rings. The van der Waals surface area contributed by atoms with E-state index >= 15 is 0 Å². The molecule has 0 aliphatic carbocycles. The minimum Gasteiger partial charge on any atom is -0.271 e. The van der Waals surface area contributed by atoms with Gasteiger partial charge in [0.15, 0.2) is 0 Å². The van der Waals surface area contributed by atoms with Crippen LogP contribution in [0.4, 0.5) is 17.1 Å². The van der Waals surface area contributed by atoms with Crippen LogP contribution in [-0.2, 0) is 0 Å². The Morgan fingerprint density at radius 3 is 2.19 bits per heavy atom. The maximum absolute atomic E-state index is 11.2. The molecule has 1 heterocycles. The number of hydrazone groups is 1. The summed E-state index contributed by atoms with van der Waals surface area (Å²) in [6, 6.07) is 15.9. The van der Waals surface area contributed by atoms with Gasteiger partial charge in [-0.2, -0.15) is 5.10 Å². The third kappa shape index (κ3) is 4.10. The molecule has 9 nitrogen and oxygen atoms in total. The first-order valence-corrected chi connectivity index (χ1v) is 7.78. The second-order valence-corrected chi connectivity index (χ2v) is 5.39. The van der Waals surface area contributed by atoms with Gasteiger partial charge in [-0.15, -0.1) is 0 Å². The van der Waals surface area contributed by atoms with Crippen molar-refractivity contribution in [2.24, 2.45) is 5.10 Å². The van der Waals surface area contributed by atoms with E-state index in [1.807, 2.05) is 30.3 Å². The van der Waals surface area contributed by atoms with Crippen molar-refractivity contribution >= 4 is 22.8 Å². The molecule has 1 N–H and O–H groups in total. The van der Waals surface area contributed by atoms with Gasteiger partial charge in [-0.05, 0) is 12.1 Å². The summed E-state index contributed by atoms with van der Waals surface area (Å²) in [5.74, 6) is 0. The van der Waals surface area contributed by atoms with Crippen LogP contribution >= 0.6 is 0 Å². The molecule has 27 heavy (non-hydrogen) atoms. The fraction of sp³-hybridized carbons (Fsp3) is 0. The van der Waals surface area contributed by atoms with Gasteiger partial charge >= 0.3 is 0 Å². The van der Waals surface area contributed by atoms with E-state index in [2.05, 4.69) is 15.5 Å². The average molecular weight is 363 g/mol. The van der Waals surface area contributed by atoms with E-state index in [1.165, 1.54) is 0 Å². The van der Waals surface area contributed by atoms with E-state index in [4.69, 9.17) is 0 Å². The van der Waals surface area contributed by atoms with E-state index < -0.39 is 9.85 Å². The zero-order valence-electron chi connectivity index (χ0n) is 13.9. The molecule has 9 heteroatoms. The van der Waals surface area contributed by atoms with Crippen molar-refractivity contribution < 1.29 is 9.85 Å². The summed E-state index contributed by atoms with van der Waals surface area (Å²) in [6.07, 6.45) is 3.20. The molecule has 0 bridgehead atoms. The number of nitro benzene ring substituents is 2. The van der Waals surface area contributed by atoms with Crippen molar-refractivity contribution in [2.45, 2.75) is 0 Å². The minimum absolute atomic E-state index is 0.0725. The number of hydrogen-bond acceptors (Lipinski definition) is 7. The molecule has 2 aromatic carbocycles. The van der Waals surface area contributed by atoms with Crippen molar-refractivity contribution in [3.63, 3.8) is 0 Å². The number of hydrogen-bond donors (Lipinski definition) is 1. The fourth-order valence-corrected chi connectivity index (χ4v) is 2.40. The van der Waals surface area contributed by atoms with Crippen LogP contribution in [0.15, 0.2) is 78.2 Å². The molecular formula is C18H13N5O4. The summed E-state index contributed by atoms with van der Waals surface area (Å²) in [7, 11) is 0. The lowest BCUT2D eigenvalue weighted by atomic mass is 10.0. The zero-order chi connectivity index (χ0) is 19.2. The van der Waals surface area contributed by atoms with Crippen molar-refractivity contribution in [1.82, 2.24) is 4.98 Å². The number of rotatable bonds is 6. The van der Waals surface area contributed by atoms with Crippen molar-refractivity contribution in [3.05, 3.63) is 104 Å². The molecule has 3 aromatic rings. The third-order valence-electron chi connectivity index (χ3n) is 3.68. The fourth-order valence-electron chi connectivity index (χ4n) is 2.40. The van der Waals surface area contributed by atoms with Crippen LogP contribution < -0.4 is 5.43 Å². The minimum atomic E-state index is -0.629. The largest absolute Gasteiger partial charge is 0.294 e. The number of nitro groups is 2. The lowest BCUT2D eigenvalue weighted by Crippen LogP contribution is -2.07. The van der Waals surface area contributed by atoms with Gasteiger partial charge in [-0.3, -0.25) is 30.6 Å². The SMILES string of the molecule is O=[N+]([O-])c1ccc([N+](=O)[O-])c(NN=C(c2ccccc2)c2ccncc2)c1. The molecular weight excluding hydrogens is 350 g/mol. The molecule has 0 saturated heterocycles. The highest BCUT2D eigenvalue weighted by atomic mass is 16.6. The number of aromatic nitrogens is 1. The van der Waals surface area contributed by atoms with Gasteiger partial charge in [0.1, 0.15) is 5.69 Å². The topological polar surface area (TPSA) is 124 Å². The molecule has 0 radical (unpaired) electrons. The lowest BCUT2D eigenvalue weighted by molar-refractivity contribution is -0.388. The molecule has 0 unspecified atom stereocenters. The molecule has 1 aromatic heterocycles. The van der Waals surface area contributed by atoms with E-state index in [-0.39, 0.29) is 17.1 Å². The van der Waals surface area contributed by atoms with E-state index in [1.54, 1.807) is 24.5 Å². The van der Waals surface area contributed by atoms with Crippen LogP contribution in [-0.4, -0.2) is 20.5 Å². The molecule has 0 aliphatic heterocycles. The third-order valence-corrected chi connectivity index (χ3v) is 3.68. The Morgan fingerprint density at radius 1 is 0.889 bits per heavy atom. The normalized spacial score (nSPS) is 11.0. The van der Waals surface area contributed by atoms with E-state index in [0.717, 1.165) is 29.3 Å². The number of benzene rings is 2. The van der Waals surface area contributed by atoms with Gasteiger partial charge in [0.05, 0.1) is 15.6 Å². The smallest absolute Gasteiger partial charge is 0.271 e. The van der Waals surface area contributed by atoms with Crippen LogP contribution in [0.5, 0.6) is 0 Å². The quantitative estimate of drug-likeness (QED) is 0.404. The summed E-state index contributed by atoms with van der Waals surface area (Å²) in [6.45, 7) is 0. The number of nitrogens with one attached hydrogen (secondary N) is 1. The van der Waals surface area contributed by atoms with Crippen LogP contribution in [0.2, 0.25) is 0 Å². The first-order valence-electron chi connectivity index (χ1n) is 7.78. The predicted octanol–water partition coefficient (Wildman–Crippen LogP) is 3.76. The van der Waals surface area contributed by atoms with Gasteiger partial charge in [-0.1, -0.05) is 30.3 Å². The summed E-state index contributed by atoms with van der Waals surface area (Å²) < 4.78 is 0. The van der Waals surface area contributed by atoms with Crippen LogP contribution in [0.25, 0.3) is 0 Å². The number of pyridine rings is 1. The Hall–Kier alpha value is -4.14. The molecule has 134 valence electrons. The lowest BCUT2D eigenvalue weighted by Gasteiger charge is -2.08. The predicted molar refractivity (Wildman–Crippen MR) is 99.7 cm³/mol. The summed E-state index contributed by atoms with van der Waals surface area (Å²) in [5, 5.41) is 26.5.